The molecule has 202 valence electrons. The van der Waals surface area contributed by atoms with Gasteiger partial charge in [-0.2, -0.15) is 0 Å². The van der Waals surface area contributed by atoms with E-state index in [-0.39, 0.29) is 22.6 Å². The highest BCUT2D eigenvalue weighted by Gasteiger charge is 2.28. The van der Waals surface area contributed by atoms with E-state index in [9.17, 15) is 31.1 Å². The van der Waals surface area contributed by atoms with Crippen molar-refractivity contribution in [2.45, 2.75) is 26.1 Å². The lowest BCUT2D eigenvalue weighted by Gasteiger charge is -2.29. The van der Waals surface area contributed by atoms with Gasteiger partial charge in [0.25, 0.3) is 0 Å². The fourth-order valence-electron chi connectivity index (χ4n) is 4.09. The minimum atomic E-state index is -1.47. The lowest BCUT2D eigenvalue weighted by Crippen LogP contribution is -2.27. The van der Waals surface area contributed by atoms with Crippen LogP contribution in [0.2, 0.25) is 0 Å². The van der Waals surface area contributed by atoms with Crippen molar-refractivity contribution in [1.29, 1.82) is 0 Å². The second kappa shape index (κ2) is 11.9. The van der Waals surface area contributed by atoms with Gasteiger partial charge in [0.1, 0.15) is 28.8 Å². The van der Waals surface area contributed by atoms with Gasteiger partial charge in [-0.3, -0.25) is 0 Å². The predicted molar refractivity (Wildman–Crippen MR) is 123 cm³/mol. The Morgan fingerprint density at radius 1 is 0.895 bits per heavy atom. The van der Waals surface area contributed by atoms with Crippen molar-refractivity contribution in [3.8, 4) is 22.6 Å². The number of halogens is 6. The van der Waals surface area contributed by atoms with Gasteiger partial charge in [0.15, 0.2) is 23.7 Å². The molecule has 0 atom stereocenters. The first-order valence-electron chi connectivity index (χ1n) is 11.6. The first-order chi connectivity index (χ1) is 18.2. The van der Waals surface area contributed by atoms with E-state index in [0.29, 0.717) is 19.3 Å². The largest absolute Gasteiger partial charge is 0.457 e. The SMILES string of the molecule is CCCC1COC(c2cc(F)c(C(=O)Oc3ccc(-c4cc(F)c(OCF)c(F)c4)c(F)c3)c(F)c2)OC1. The van der Waals surface area contributed by atoms with Gasteiger partial charge >= 0.3 is 5.97 Å². The minimum Gasteiger partial charge on any atom is -0.457 e. The monoisotopic (exact) mass is 540 g/mol. The maximum atomic E-state index is 14.7. The number of ether oxygens (including phenoxy) is 4. The summed E-state index contributed by atoms with van der Waals surface area (Å²) in [4.78, 5) is 12.5. The van der Waals surface area contributed by atoms with Crippen molar-refractivity contribution in [3.63, 3.8) is 0 Å². The number of carbonyl (C=O) groups excluding carboxylic acids is 1. The van der Waals surface area contributed by atoms with Gasteiger partial charge in [-0.1, -0.05) is 13.3 Å². The van der Waals surface area contributed by atoms with Gasteiger partial charge in [-0.05, 0) is 48.4 Å². The molecule has 0 spiro atoms. The Hall–Kier alpha value is -3.57. The molecule has 1 aliphatic rings. The number of hydrogen-bond donors (Lipinski definition) is 0. The number of benzene rings is 3. The van der Waals surface area contributed by atoms with E-state index in [2.05, 4.69) is 4.74 Å². The second-order valence-electron chi connectivity index (χ2n) is 8.57. The zero-order chi connectivity index (χ0) is 27.4. The number of hydrogen-bond acceptors (Lipinski definition) is 5. The molecule has 0 aliphatic carbocycles. The topological polar surface area (TPSA) is 54.0 Å². The standard InChI is InChI=1S/C27H22F6O5/c1-2-3-14-11-35-27(36-12-14)16-8-20(30)24(21(31)9-16)26(34)38-17-4-5-18(19(29)10-17)15-6-22(32)25(37-13-28)23(33)7-15/h4-10,14,27H,2-3,11-13H2,1H3. The molecule has 38 heavy (non-hydrogen) atoms. The third-order valence-corrected chi connectivity index (χ3v) is 5.86. The van der Waals surface area contributed by atoms with E-state index in [1.807, 2.05) is 6.92 Å². The third-order valence-electron chi connectivity index (χ3n) is 5.86. The second-order valence-corrected chi connectivity index (χ2v) is 8.57. The molecular formula is C27H22F6O5. The summed E-state index contributed by atoms with van der Waals surface area (Å²) in [7, 11) is 0. The maximum absolute atomic E-state index is 14.7. The van der Waals surface area contributed by atoms with Crippen LogP contribution in [-0.4, -0.2) is 26.0 Å². The molecule has 0 aromatic heterocycles. The Bertz CT molecular complexity index is 1280. The van der Waals surface area contributed by atoms with Crippen LogP contribution in [0.3, 0.4) is 0 Å². The molecule has 11 heteroatoms. The molecule has 0 unspecified atom stereocenters. The number of alkyl halides is 1. The highest BCUT2D eigenvalue weighted by molar-refractivity contribution is 5.91. The van der Waals surface area contributed by atoms with Crippen LogP contribution in [0.1, 0.15) is 42.0 Å². The van der Waals surface area contributed by atoms with Gasteiger partial charge in [0.05, 0.1) is 13.2 Å². The Balaban J connectivity index is 1.49. The molecule has 0 bridgehead atoms. The van der Waals surface area contributed by atoms with E-state index in [1.54, 1.807) is 0 Å². The van der Waals surface area contributed by atoms with Gasteiger partial charge in [-0.25, -0.2) is 31.1 Å². The third kappa shape index (κ3) is 5.94. The summed E-state index contributed by atoms with van der Waals surface area (Å²) in [5, 5.41) is 0. The van der Waals surface area contributed by atoms with Crippen LogP contribution in [-0.2, 0) is 9.47 Å². The summed E-state index contributed by atoms with van der Waals surface area (Å²) in [5.74, 6) is -8.66. The van der Waals surface area contributed by atoms with Crippen LogP contribution in [0.4, 0.5) is 26.3 Å². The summed E-state index contributed by atoms with van der Waals surface area (Å²) < 4.78 is 105. The molecule has 1 fully saturated rings. The van der Waals surface area contributed by atoms with Crippen LogP contribution in [0.15, 0.2) is 42.5 Å². The van der Waals surface area contributed by atoms with Crippen LogP contribution in [0.5, 0.6) is 11.5 Å². The molecule has 1 heterocycles. The van der Waals surface area contributed by atoms with Crippen LogP contribution in [0, 0.1) is 35.0 Å². The van der Waals surface area contributed by atoms with Gasteiger partial charge in [-0.15, -0.1) is 0 Å². The molecule has 1 saturated heterocycles. The molecule has 4 rings (SSSR count). The van der Waals surface area contributed by atoms with E-state index in [1.165, 1.54) is 0 Å². The Kier molecular flexibility index (Phi) is 8.58. The average molecular weight is 540 g/mol. The van der Waals surface area contributed by atoms with E-state index in [0.717, 1.165) is 49.2 Å². The molecular weight excluding hydrogens is 518 g/mol. The van der Waals surface area contributed by atoms with E-state index >= 15 is 0 Å². The highest BCUT2D eigenvalue weighted by Crippen LogP contribution is 2.33. The molecule has 3 aromatic rings. The molecule has 5 nitrogen and oxygen atoms in total. The Morgan fingerprint density at radius 3 is 2.08 bits per heavy atom. The molecule has 0 amide bonds. The number of carbonyl (C=O) groups is 1. The first kappa shape index (κ1) is 27.5. The minimum absolute atomic E-state index is 0.0456. The highest BCUT2D eigenvalue weighted by atomic mass is 19.2. The smallest absolute Gasteiger partial charge is 0.349 e. The van der Waals surface area contributed by atoms with E-state index in [4.69, 9.17) is 14.2 Å². The molecule has 1 aliphatic heterocycles. The molecule has 0 saturated carbocycles. The molecule has 0 N–H and O–H groups in total. The Morgan fingerprint density at radius 2 is 1.53 bits per heavy atom. The summed E-state index contributed by atoms with van der Waals surface area (Å²) >= 11 is 0. The van der Waals surface area contributed by atoms with Crippen molar-refractivity contribution in [3.05, 3.63) is 82.7 Å². The summed E-state index contributed by atoms with van der Waals surface area (Å²) in [6, 6.07) is 6.07. The fraction of sp³-hybridized carbons (Fsp3) is 0.296. The fourth-order valence-corrected chi connectivity index (χ4v) is 4.09. The summed E-state index contributed by atoms with van der Waals surface area (Å²) in [5.41, 5.74) is -1.50. The van der Waals surface area contributed by atoms with Crippen molar-refractivity contribution in [2.75, 3.05) is 20.1 Å². The molecule has 3 aromatic carbocycles. The van der Waals surface area contributed by atoms with Crippen molar-refractivity contribution < 1.29 is 50.1 Å². The lowest BCUT2D eigenvalue weighted by atomic mass is 10.0. The number of rotatable bonds is 8. The van der Waals surface area contributed by atoms with Crippen molar-refractivity contribution >= 4 is 5.97 Å². The van der Waals surface area contributed by atoms with Gasteiger partial charge in [0, 0.05) is 23.1 Å². The number of esters is 1. The van der Waals surface area contributed by atoms with Crippen LogP contribution < -0.4 is 9.47 Å². The summed E-state index contributed by atoms with van der Waals surface area (Å²) in [6.07, 6.45) is 0.832. The zero-order valence-electron chi connectivity index (χ0n) is 20.0. The predicted octanol–water partition coefficient (Wildman–Crippen LogP) is 7.04. The first-order valence-corrected chi connectivity index (χ1v) is 11.6. The van der Waals surface area contributed by atoms with Crippen molar-refractivity contribution in [2.24, 2.45) is 5.92 Å². The quantitative estimate of drug-likeness (QED) is 0.174. The molecule has 0 radical (unpaired) electrons. The Labute approximate surface area is 213 Å². The summed E-state index contributed by atoms with van der Waals surface area (Å²) in [6.45, 7) is 1.28. The normalized spacial score (nSPS) is 17.3. The van der Waals surface area contributed by atoms with Crippen molar-refractivity contribution in [1.82, 2.24) is 0 Å². The van der Waals surface area contributed by atoms with Gasteiger partial charge < -0.3 is 18.9 Å². The van der Waals surface area contributed by atoms with E-state index < -0.39 is 65.3 Å². The van der Waals surface area contributed by atoms with Crippen LogP contribution >= 0.6 is 0 Å². The average Bonchev–Trinajstić information content (AvgIpc) is 2.86. The van der Waals surface area contributed by atoms with Crippen LogP contribution in [0.25, 0.3) is 11.1 Å². The lowest BCUT2D eigenvalue weighted by molar-refractivity contribution is -0.206. The van der Waals surface area contributed by atoms with Gasteiger partial charge in [0.2, 0.25) is 6.86 Å². The maximum Gasteiger partial charge on any atom is 0.349 e. The zero-order valence-corrected chi connectivity index (χ0v) is 20.0.